The van der Waals surface area contributed by atoms with Crippen LogP contribution in [-0.4, -0.2) is 25.8 Å². The van der Waals surface area contributed by atoms with Crippen LogP contribution in [0.25, 0.3) is 0 Å². The molecule has 2 saturated carbocycles. The van der Waals surface area contributed by atoms with Crippen LogP contribution >= 0.6 is 0 Å². The highest BCUT2D eigenvalue weighted by Gasteiger charge is 2.36. The van der Waals surface area contributed by atoms with Crippen molar-refractivity contribution in [3.8, 4) is 11.5 Å². The van der Waals surface area contributed by atoms with E-state index in [0.717, 1.165) is 18.1 Å². The molecule has 1 aromatic carbocycles. The lowest BCUT2D eigenvalue weighted by atomic mass is 9.99. The minimum atomic E-state index is -0.216. The van der Waals surface area contributed by atoms with E-state index in [4.69, 9.17) is 9.47 Å². The van der Waals surface area contributed by atoms with E-state index < -0.39 is 0 Å². The Morgan fingerprint density at radius 2 is 2.05 bits per heavy atom. The van der Waals surface area contributed by atoms with Crippen LogP contribution in [0, 0.1) is 11.8 Å². The number of nitrogens with one attached hydrogen (secondary N) is 1. The Balaban J connectivity index is 1.69. The molecule has 2 atom stereocenters. The van der Waals surface area contributed by atoms with Gasteiger partial charge in [-0.3, -0.25) is 4.79 Å². The van der Waals surface area contributed by atoms with Gasteiger partial charge >= 0.3 is 0 Å². The fourth-order valence-corrected chi connectivity index (χ4v) is 3.33. The van der Waals surface area contributed by atoms with Crippen molar-refractivity contribution in [2.75, 3.05) is 14.2 Å². The summed E-state index contributed by atoms with van der Waals surface area (Å²) in [7, 11) is 3.12. The number of rotatable bonds is 4. The molecule has 21 heavy (non-hydrogen) atoms. The number of amides is 1. The molecular formula is C16H20N2O3. The van der Waals surface area contributed by atoms with Crippen LogP contribution < -0.4 is 14.9 Å². The van der Waals surface area contributed by atoms with E-state index in [1.54, 1.807) is 32.4 Å². The molecule has 2 fully saturated rings. The topological polar surface area (TPSA) is 59.9 Å². The fraction of sp³-hybridized carbons (Fsp3) is 0.500. The molecule has 2 bridgehead atoms. The molecule has 1 amide bonds. The molecule has 0 aromatic heterocycles. The van der Waals surface area contributed by atoms with Crippen LogP contribution in [0.4, 0.5) is 0 Å². The van der Waals surface area contributed by atoms with Crippen LogP contribution in [-0.2, 0) is 0 Å². The third-order valence-electron chi connectivity index (χ3n) is 4.46. The maximum Gasteiger partial charge on any atom is 0.271 e. The second-order valence-corrected chi connectivity index (χ2v) is 5.69. The van der Waals surface area contributed by atoms with Gasteiger partial charge in [-0.15, -0.1) is 0 Å². The highest BCUT2D eigenvalue weighted by molar-refractivity contribution is 5.97. The second kappa shape index (κ2) is 5.76. The Kier molecular flexibility index (Phi) is 3.82. The smallest absolute Gasteiger partial charge is 0.271 e. The standard InChI is InChI=1S/C16H20N2O3/c1-20-14-6-5-12(9-15(14)21-2)16(19)18-17-13-8-10-3-4-11(13)7-10/h5-6,9-11H,3-4,7-8H2,1-2H3,(H,18,19)/b17-13-/t10-,11-/m0/s1. The normalized spacial score (nSPS) is 25.1. The first kappa shape index (κ1) is 13.9. The van der Waals surface area contributed by atoms with Crippen LogP contribution in [0.3, 0.4) is 0 Å². The van der Waals surface area contributed by atoms with Crippen molar-refractivity contribution in [2.24, 2.45) is 16.9 Å². The van der Waals surface area contributed by atoms with Gasteiger partial charge in [0.1, 0.15) is 0 Å². The number of carbonyl (C=O) groups excluding carboxylic acids is 1. The zero-order valence-electron chi connectivity index (χ0n) is 12.4. The van der Waals surface area contributed by atoms with Gasteiger partial charge in [0.15, 0.2) is 11.5 Å². The van der Waals surface area contributed by atoms with E-state index in [-0.39, 0.29) is 5.91 Å². The summed E-state index contributed by atoms with van der Waals surface area (Å²) in [5, 5.41) is 4.33. The van der Waals surface area contributed by atoms with Crippen LogP contribution in [0.5, 0.6) is 11.5 Å². The molecule has 2 aliphatic carbocycles. The molecule has 1 N–H and O–H groups in total. The van der Waals surface area contributed by atoms with Crippen molar-refractivity contribution in [1.29, 1.82) is 0 Å². The highest BCUT2D eigenvalue weighted by atomic mass is 16.5. The van der Waals surface area contributed by atoms with E-state index in [9.17, 15) is 4.79 Å². The molecular weight excluding hydrogens is 268 g/mol. The maximum absolute atomic E-state index is 12.2. The Morgan fingerprint density at radius 1 is 1.24 bits per heavy atom. The lowest BCUT2D eigenvalue weighted by molar-refractivity contribution is 0.0954. The number of hydrogen-bond acceptors (Lipinski definition) is 4. The van der Waals surface area contributed by atoms with Crippen molar-refractivity contribution in [3.05, 3.63) is 23.8 Å². The summed E-state index contributed by atoms with van der Waals surface area (Å²) in [4.78, 5) is 12.2. The van der Waals surface area contributed by atoms with Gasteiger partial charge < -0.3 is 9.47 Å². The lowest BCUT2D eigenvalue weighted by Gasteiger charge is -2.12. The molecule has 112 valence electrons. The second-order valence-electron chi connectivity index (χ2n) is 5.69. The van der Waals surface area contributed by atoms with Gasteiger partial charge in [-0.05, 0) is 55.7 Å². The first-order valence-electron chi connectivity index (χ1n) is 7.30. The van der Waals surface area contributed by atoms with Gasteiger partial charge in [-0.25, -0.2) is 5.43 Å². The predicted molar refractivity (Wildman–Crippen MR) is 79.9 cm³/mol. The minimum Gasteiger partial charge on any atom is -0.493 e. The van der Waals surface area contributed by atoms with Gasteiger partial charge in [-0.1, -0.05) is 0 Å². The highest BCUT2D eigenvalue weighted by Crippen LogP contribution is 2.42. The third-order valence-corrected chi connectivity index (χ3v) is 4.46. The Hall–Kier alpha value is -2.04. The van der Waals surface area contributed by atoms with Crippen molar-refractivity contribution in [2.45, 2.75) is 25.7 Å². The number of hydrogen-bond donors (Lipinski definition) is 1. The largest absolute Gasteiger partial charge is 0.493 e. The summed E-state index contributed by atoms with van der Waals surface area (Å²) in [6.45, 7) is 0. The molecule has 5 heteroatoms. The quantitative estimate of drug-likeness (QED) is 0.866. The molecule has 0 spiro atoms. The van der Waals surface area contributed by atoms with Crippen molar-refractivity contribution in [1.82, 2.24) is 5.43 Å². The zero-order chi connectivity index (χ0) is 14.8. The monoisotopic (exact) mass is 288 g/mol. The summed E-state index contributed by atoms with van der Waals surface area (Å²) in [6, 6.07) is 5.09. The maximum atomic E-state index is 12.2. The molecule has 3 rings (SSSR count). The number of hydrazone groups is 1. The zero-order valence-corrected chi connectivity index (χ0v) is 12.4. The van der Waals surface area contributed by atoms with E-state index in [0.29, 0.717) is 23.0 Å². The molecule has 1 aromatic rings. The van der Waals surface area contributed by atoms with E-state index in [1.165, 1.54) is 19.3 Å². The average Bonchev–Trinajstić information content (AvgIpc) is 3.14. The number of ether oxygens (including phenoxy) is 2. The number of methoxy groups -OCH3 is 2. The SMILES string of the molecule is COc1ccc(C(=O)N/N=C2/C[C@H]3CC[C@H]2C3)cc1OC. The minimum absolute atomic E-state index is 0.216. The summed E-state index contributed by atoms with van der Waals surface area (Å²) in [5.74, 6) is 2.30. The first-order chi connectivity index (χ1) is 10.2. The van der Waals surface area contributed by atoms with E-state index in [1.807, 2.05) is 0 Å². The van der Waals surface area contributed by atoms with Gasteiger partial charge in [0.05, 0.1) is 14.2 Å². The molecule has 0 heterocycles. The van der Waals surface area contributed by atoms with Gasteiger partial charge in [0.25, 0.3) is 5.91 Å². The summed E-state index contributed by atoms with van der Waals surface area (Å²) in [5.41, 5.74) is 4.33. The fourth-order valence-electron chi connectivity index (χ4n) is 3.33. The number of nitrogens with zero attached hydrogens (tertiary/aromatic N) is 1. The van der Waals surface area contributed by atoms with Gasteiger partial charge in [0.2, 0.25) is 0 Å². The van der Waals surface area contributed by atoms with Crippen LogP contribution in [0.2, 0.25) is 0 Å². The predicted octanol–water partition coefficient (Wildman–Crippen LogP) is 2.61. The number of fused-ring (bicyclic) bond motifs is 2. The molecule has 0 radical (unpaired) electrons. The Morgan fingerprint density at radius 3 is 2.67 bits per heavy atom. The molecule has 0 saturated heterocycles. The Labute approximate surface area is 124 Å². The number of carbonyl (C=O) groups is 1. The summed E-state index contributed by atoms with van der Waals surface area (Å²) in [6.07, 6.45) is 4.81. The van der Waals surface area contributed by atoms with Gasteiger partial charge in [-0.2, -0.15) is 5.10 Å². The molecule has 0 aliphatic heterocycles. The van der Waals surface area contributed by atoms with E-state index >= 15 is 0 Å². The molecule has 2 aliphatic rings. The van der Waals surface area contributed by atoms with Crippen molar-refractivity contribution >= 4 is 11.6 Å². The average molecular weight is 288 g/mol. The van der Waals surface area contributed by atoms with Crippen molar-refractivity contribution < 1.29 is 14.3 Å². The molecule has 5 nitrogen and oxygen atoms in total. The number of benzene rings is 1. The lowest BCUT2D eigenvalue weighted by Crippen LogP contribution is -2.22. The van der Waals surface area contributed by atoms with Crippen LogP contribution in [0.15, 0.2) is 23.3 Å². The van der Waals surface area contributed by atoms with Crippen molar-refractivity contribution in [3.63, 3.8) is 0 Å². The van der Waals surface area contributed by atoms with E-state index in [2.05, 4.69) is 10.5 Å². The first-order valence-corrected chi connectivity index (χ1v) is 7.30. The van der Waals surface area contributed by atoms with Gasteiger partial charge in [0, 0.05) is 11.3 Å². The summed E-state index contributed by atoms with van der Waals surface area (Å²) >= 11 is 0. The Bertz CT molecular complexity index is 583. The molecule has 0 unspecified atom stereocenters. The third kappa shape index (κ3) is 2.73. The summed E-state index contributed by atoms with van der Waals surface area (Å²) < 4.78 is 10.4. The van der Waals surface area contributed by atoms with Crippen LogP contribution in [0.1, 0.15) is 36.0 Å².